The molecule has 1 aromatic rings. The number of nitro benzene ring substituents is 1. The molecule has 0 spiro atoms. The Bertz CT molecular complexity index is 509. The number of nitrogens with zero attached hydrogens (tertiary/aromatic N) is 2. The Morgan fingerprint density at radius 2 is 2.05 bits per heavy atom. The average Bonchev–Trinajstić information content (AvgIpc) is 2.45. The van der Waals surface area contributed by atoms with Crippen LogP contribution in [0.15, 0.2) is 41.4 Å². The highest BCUT2D eigenvalue weighted by molar-refractivity contribution is 5.77. The highest BCUT2D eigenvalue weighted by Crippen LogP contribution is 2.13. The molecule has 0 aromatic heterocycles. The summed E-state index contributed by atoms with van der Waals surface area (Å²) in [5.74, 6) is 0.438. The highest BCUT2D eigenvalue weighted by Gasteiger charge is 2.03. The van der Waals surface area contributed by atoms with E-state index < -0.39 is 0 Å². The summed E-state index contributed by atoms with van der Waals surface area (Å²) in [6.07, 6.45) is 2.83. The van der Waals surface area contributed by atoms with Gasteiger partial charge < -0.3 is 11.1 Å². The van der Waals surface area contributed by atoms with Gasteiger partial charge in [-0.3, -0.25) is 10.1 Å². The van der Waals surface area contributed by atoms with Crippen LogP contribution < -0.4 is 11.1 Å². The molecule has 3 N–H and O–H groups in total. The lowest BCUT2D eigenvalue weighted by molar-refractivity contribution is -0.384. The van der Waals surface area contributed by atoms with E-state index in [4.69, 9.17) is 5.73 Å². The van der Waals surface area contributed by atoms with E-state index in [1.54, 1.807) is 12.1 Å². The molecule has 0 bridgehead atoms. The van der Waals surface area contributed by atoms with E-state index in [2.05, 4.69) is 16.9 Å². The maximum Gasteiger partial charge on any atom is 0.269 e. The third kappa shape index (κ3) is 7.10. The quantitative estimate of drug-likeness (QED) is 0.192. The number of hydrogen-bond donors (Lipinski definition) is 2. The van der Waals surface area contributed by atoms with E-state index in [1.807, 2.05) is 6.92 Å². The van der Waals surface area contributed by atoms with Crippen molar-refractivity contribution in [2.75, 3.05) is 13.1 Å². The fourth-order valence-corrected chi connectivity index (χ4v) is 1.73. The second-order valence-electron chi connectivity index (χ2n) is 4.97. The molecule has 6 heteroatoms. The summed E-state index contributed by atoms with van der Waals surface area (Å²) < 4.78 is 0. The molecule has 6 nitrogen and oxygen atoms in total. The van der Waals surface area contributed by atoms with Crippen molar-refractivity contribution in [3.63, 3.8) is 0 Å². The van der Waals surface area contributed by atoms with Gasteiger partial charge in [0.2, 0.25) is 0 Å². The molecule has 0 atom stereocenters. The number of benzene rings is 1. The lowest BCUT2D eigenvalue weighted by Crippen LogP contribution is -2.32. The fraction of sp³-hybridized carbons (Fsp3) is 0.400. The summed E-state index contributed by atoms with van der Waals surface area (Å²) in [6, 6.07) is 6.67. The number of nitrogens with one attached hydrogen (secondary N) is 1. The fourth-order valence-electron chi connectivity index (χ4n) is 1.73. The Labute approximate surface area is 124 Å². The smallest absolute Gasteiger partial charge is 0.269 e. The first-order chi connectivity index (χ1) is 9.99. The molecule has 0 saturated heterocycles. The maximum atomic E-state index is 10.5. The maximum absolute atomic E-state index is 10.5. The molecule has 21 heavy (non-hydrogen) atoms. The molecule has 0 saturated carbocycles. The van der Waals surface area contributed by atoms with Crippen LogP contribution in [0.4, 0.5) is 5.69 Å². The molecule has 0 heterocycles. The third-order valence-corrected chi connectivity index (χ3v) is 2.86. The van der Waals surface area contributed by atoms with Crippen LogP contribution >= 0.6 is 0 Å². The number of guanidine groups is 1. The van der Waals surface area contributed by atoms with Crippen molar-refractivity contribution in [1.29, 1.82) is 0 Å². The van der Waals surface area contributed by atoms with Gasteiger partial charge in [-0.2, -0.15) is 0 Å². The van der Waals surface area contributed by atoms with Gasteiger partial charge in [0.1, 0.15) is 0 Å². The van der Waals surface area contributed by atoms with Crippen LogP contribution in [0.2, 0.25) is 0 Å². The zero-order valence-electron chi connectivity index (χ0n) is 12.3. The van der Waals surface area contributed by atoms with Gasteiger partial charge in [-0.1, -0.05) is 24.3 Å². The van der Waals surface area contributed by atoms with E-state index >= 15 is 0 Å². The SMILES string of the molecule is C=C(C)CN=C(N)NCCCCc1ccc([N+](=O)[O-])cc1. The van der Waals surface area contributed by atoms with Gasteiger partial charge in [0.25, 0.3) is 5.69 Å². The first-order valence-electron chi connectivity index (χ1n) is 6.90. The molecule has 1 rings (SSSR count). The minimum atomic E-state index is -0.388. The predicted octanol–water partition coefficient (Wildman–Crippen LogP) is 2.40. The number of non-ortho nitro benzene ring substituents is 1. The van der Waals surface area contributed by atoms with Crippen LogP contribution in [0, 0.1) is 10.1 Å². The summed E-state index contributed by atoms with van der Waals surface area (Å²) >= 11 is 0. The molecule has 0 amide bonds. The second-order valence-corrected chi connectivity index (χ2v) is 4.97. The van der Waals surface area contributed by atoms with Gasteiger partial charge in [0, 0.05) is 18.7 Å². The topological polar surface area (TPSA) is 93.5 Å². The second kappa shape index (κ2) is 8.73. The minimum Gasteiger partial charge on any atom is -0.370 e. The Kier molecular flexibility index (Phi) is 6.94. The van der Waals surface area contributed by atoms with Crippen molar-refractivity contribution in [1.82, 2.24) is 5.32 Å². The van der Waals surface area contributed by atoms with Crippen LogP contribution in [-0.4, -0.2) is 24.0 Å². The van der Waals surface area contributed by atoms with Gasteiger partial charge in [-0.15, -0.1) is 0 Å². The monoisotopic (exact) mass is 290 g/mol. The Morgan fingerprint density at radius 1 is 1.38 bits per heavy atom. The van der Waals surface area contributed by atoms with E-state index in [0.29, 0.717) is 12.5 Å². The van der Waals surface area contributed by atoms with Gasteiger partial charge >= 0.3 is 0 Å². The summed E-state index contributed by atoms with van der Waals surface area (Å²) in [6.45, 7) is 6.96. The summed E-state index contributed by atoms with van der Waals surface area (Å²) in [5.41, 5.74) is 7.89. The molecule has 0 radical (unpaired) electrons. The van der Waals surface area contributed by atoms with E-state index in [9.17, 15) is 10.1 Å². The molecular formula is C15H22N4O2. The van der Waals surface area contributed by atoms with E-state index in [0.717, 1.165) is 36.9 Å². The summed E-state index contributed by atoms with van der Waals surface area (Å²) in [7, 11) is 0. The standard InChI is InChI=1S/C15H22N4O2/c1-12(2)11-18-15(16)17-10-4-3-5-13-6-8-14(9-7-13)19(20)21/h6-9H,1,3-5,10-11H2,2H3,(H3,16,17,18). The lowest BCUT2D eigenvalue weighted by Gasteiger charge is -2.05. The van der Waals surface area contributed by atoms with Crippen molar-refractivity contribution >= 4 is 11.6 Å². The number of nitro groups is 1. The van der Waals surface area contributed by atoms with Gasteiger partial charge in [-0.05, 0) is 31.7 Å². The highest BCUT2D eigenvalue weighted by atomic mass is 16.6. The summed E-state index contributed by atoms with van der Waals surface area (Å²) in [4.78, 5) is 14.3. The molecular weight excluding hydrogens is 268 g/mol. The van der Waals surface area contributed by atoms with Gasteiger partial charge in [-0.25, -0.2) is 4.99 Å². The molecule has 0 fully saturated rings. The Balaban J connectivity index is 2.21. The molecule has 0 aliphatic heterocycles. The molecule has 0 unspecified atom stereocenters. The lowest BCUT2D eigenvalue weighted by atomic mass is 10.1. The van der Waals surface area contributed by atoms with Crippen LogP contribution in [-0.2, 0) is 6.42 Å². The largest absolute Gasteiger partial charge is 0.370 e. The van der Waals surface area contributed by atoms with Crippen molar-refractivity contribution in [2.45, 2.75) is 26.2 Å². The van der Waals surface area contributed by atoms with Gasteiger partial charge in [0.15, 0.2) is 5.96 Å². The number of nitrogens with two attached hydrogens (primary N) is 1. The van der Waals surface area contributed by atoms with Crippen molar-refractivity contribution in [3.05, 3.63) is 52.1 Å². The van der Waals surface area contributed by atoms with E-state index in [-0.39, 0.29) is 10.6 Å². The van der Waals surface area contributed by atoms with Crippen molar-refractivity contribution < 1.29 is 4.92 Å². The summed E-state index contributed by atoms with van der Waals surface area (Å²) in [5, 5.41) is 13.6. The van der Waals surface area contributed by atoms with Crippen molar-refractivity contribution in [3.8, 4) is 0 Å². The first kappa shape index (κ1) is 16.7. The zero-order chi connectivity index (χ0) is 15.7. The minimum absolute atomic E-state index is 0.127. The number of unbranched alkanes of at least 4 members (excludes halogenated alkanes) is 1. The zero-order valence-corrected chi connectivity index (χ0v) is 12.3. The first-order valence-corrected chi connectivity index (χ1v) is 6.90. The van der Waals surface area contributed by atoms with Crippen LogP contribution in [0.25, 0.3) is 0 Å². The average molecular weight is 290 g/mol. The number of rotatable bonds is 8. The van der Waals surface area contributed by atoms with Crippen LogP contribution in [0.5, 0.6) is 0 Å². The molecule has 114 valence electrons. The Morgan fingerprint density at radius 3 is 2.62 bits per heavy atom. The predicted molar refractivity (Wildman–Crippen MR) is 85.3 cm³/mol. The van der Waals surface area contributed by atoms with Crippen LogP contribution in [0.1, 0.15) is 25.3 Å². The van der Waals surface area contributed by atoms with E-state index in [1.165, 1.54) is 12.1 Å². The van der Waals surface area contributed by atoms with Crippen molar-refractivity contribution in [2.24, 2.45) is 10.7 Å². The number of aryl methyl sites for hydroxylation is 1. The molecule has 0 aliphatic rings. The van der Waals surface area contributed by atoms with Gasteiger partial charge in [0.05, 0.1) is 11.5 Å². The Hall–Kier alpha value is -2.37. The van der Waals surface area contributed by atoms with Crippen LogP contribution in [0.3, 0.4) is 0 Å². The molecule has 0 aliphatic carbocycles. The number of hydrogen-bond acceptors (Lipinski definition) is 3. The third-order valence-electron chi connectivity index (χ3n) is 2.86. The molecule has 1 aromatic carbocycles. The number of aliphatic imine (C=N–C) groups is 1. The normalized spacial score (nSPS) is 11.2.